The molecule has 2 rings (SSSR count). The Morgan fingerprint density at radius 3 is 2.55 bits per heavy atom. The topological polar surface area (TPSA) is 59.6 Å². The van der Waals surface area contributed by atoms with Crippen LogP contribution in [0.4, 0.5) is 0 Å². The largest absolute Gasteiger partial charge is 0.335 e. The number of hydrogen-bond donors (Lipinski definition) is 1. The van der Waals surface area contributed by atoms with Crippen LogP contribution >= 0.6 is 0 Å². The van der Waals surface area contributed by atoms with Crippen molar-refractivity contribution >= 4 is 5.91 Å². The summed E-state index contributed by atoms with van der Waals surface area (Å²) < 4.78 is 0. The van der Waals surface area contributed by atoms with Gasteiger partial charge >= 0.3 is 0 Å². The van der Waals surface area contributed by atoms with E-state index in [0.29, 0.717) is 18.8 Å². The Morgan fingerprint density at radius 1 is 1.25 bits per heavy atom. The number of H-pyrrole nitrogens is 1. The normalized spacial score (nSPS) is 16.6. The minimum absolute atomic E-state index is 0.0880. The Kier molecular flexibility index (Phi) is 4.92. The number of aromatic amines is 1. The van der Waals surface area contributed by atoms with E-state index < -0.39 is 0 Å². The van der Waals surface area contributed by atoms with Crippen LogP contribution in [0.5, 0.6) is 0 Å². The van der Waals surface area contributed by atoms with Gasteiger partial charge in [0.15, 0.2) is 0 Å². The molecule has 0 aromatic carbocycles. The van der Waals surface area contributed by atoms with Crippen LogP contribution in [0.1, 0.15) is 10.5 Å². The van der Waals surface area contributed by atoms with Gasteiger partial charge < -0.3 is 14.8 Å². The van der Waals surface area contributed by atoms with Crippen LogP contribution in [0.2, 0.25) is 0 Å². The molecule has 0 unspecified atom stereocenters. The fourth-order valence-electron chi connectivity index (χ4n) is 2.26. The average molecular weight is 278 g/mol. The van der Waals surface area contributed by atoms with Crippen molar-refractivity contribution in [3.63, 3.8) is 0 Å². The molecule has 6 nitrogen and oxygen atoms in total. The van der Waals surface area contributed by atoms with Crippen molar-refractivity contribution in [2.75, 3.05) is 53.4 Å². The zero-order valence-corrected chi connectivity index (χ0v) is 12.1. The molecule has 1 fully saturated rings. The van der Waals surface area contributed by atoms with Gasteiger partial charge in [0, 0.05) is 45.3 Å². The van der Waals surface area contributed by atoms with Gasteiger partial charge in [-0.05, 0) is 20.2 Å². The lowest BCUT2D eigenvalue weighted by molar-refractivity contribution is 0.0624. The van der Waals surface area contributed by atoms with Crippen molar-refractivity contribution < 1.29 is 4.79 Å². The Bertz CT molecular complexity index is 504. The summed E-state index contributed by atoms with van der Waals surface area (Å²) in [6.07, 6.45) is 0. The van der Waals surface area contributed by atoms with E-state index in [0.717, 1.165) is 26.2 Å². The molecular formula is C14H22N4O2. The molecule has 0 aliphatic carbocycles. The van der Waals surface area contributed by atoms with Crippen LogP contribution in [0.3, 0.4) is 0 Å². The van der Waals surface area contributed by atoms with Gasteiger partial charge in [0.1, 0.15) is 5.69 Å². The molecule has 1 amide bonds. The SMILES string of the molecule is CN(C)CCN1CCN(C(=O)c2cccc(=O)[nH]2)CC1. The molecule has 2 heterocycles. The lowest BCUT2D eigenvalue weighted by Crippen LogP contribution is -2.50. The maximum absolute atomic E-state index is 12.3. The fourth-order valence-corrected chi connectivity index (χ4v) is 2.26. The smallest absolute Gasteiger partial charge is 0.270 e. The summed E-state index contributed by atoms with van der Waals surface area (Å²) in [5.74, 6) is -0.0880. The summed E-state index contributed by atoms with van der Waals surface area (Å²) in [5.41, 5.74) is 0.139. The number of nitrogens with zero attached hydrogens (tertiary/aromatic N) is 3. The third-order valence-electron chi connectivity index (χ3n) is 3.52. The summed E-state index contributed by atoms with van der Waals surface area (Å²) in [4.78, 5) is 32.4. The second-order valence-corrected chi connectivity index (χ2v) is 5.37. The predicted octanol–water partition coefficient (Wildman–Crippen LogP) is -0.306. The number of carbonyl (C=O) groups is 1. The van der Waals surface area contributed by atoms with Crippen molar-refractivity contribution in [3.8, 4) is 0 Å². The highest BCUT2D eigenvalue weighted by atomic mass is 16.2. The summed E-state index contributed by atoms with van der Waals surface area (Å²) in [6, 6.07) is 4.68. The van der Waals surface area contributed by atoms with Crippen LogP contribution in [0.25, 0.3) is 0 Å². The maximum atomic E-state index is 12.3. The highest BCUT2D eigenvalue weighted by molar-refractivity contribution is 5.92. The molecule has 20 heavy (non-hydrogen) atoms. The molecule has 1 aliphatic heterocycles. The van der Waals surface area contributed by atoms with E-state index in [1.54, 1.807) is 17.0 Å². The molecule has 1 aliphatic rings. The van der Waals surface area contributed by atoms with Gasteiger partial charge in [-0.15, -0.1) is 0 Å². The molecule has 110 valence electrons. The Hall–Kier alpha value is -1.66. The first-order chi connectivity index (χ1) is 9.56. The first-order valence-electron chi connectivity index (χ1n) is 6.92. The summed E-state index contributed by atoms with van der Waals surface area (Å²) in [7, 11) is 4.12. The fraction of sp³-hybridized carbons (Fsp3) is 0.571. The van der Waals surface area contributed by atoms with Crippen molar-refractivity contribution in [2.24, 2.45) is 0 Å². The first-order valence-corrected chi connectivity index (χ1v) is 6.92. The van der Waals surface area contributed by atoms with Crippen LogP contribution in [-0.2, 0) is 0 Å². The van der Waals surface area contributed by atoms with E-state index in [2.05, 4.69) is 28.9 Å². The van der Waals surface area contributed by atoms with Crippen LogP contribution in [0.15, 0.2) is 23.0 Å². The zero-order chi connectivity index (χ0) is 14.5. The van der Waals surface area contributed by atoms with Crippen LogP contribution in [-0.4, -0.2) is 79.0 Å². The zero-order valence-electron chi connectivity index (χ0n) is 12.1. The molecular weight excluding hydrogens is 256 g/mol. The van der Waals surface area contributed by atoms with E-state index in [-0.39, 0.29) is 11.5 Å². The Labute approximate surface area is 119 Å². The monoisotopic (exact) mass is 278 g/mol. The molecule has 0 atom stereocenters. The minimum atomic E-state index is -0.236. The Morgan fingerprint density at radius 2 is 1.95 bits per heavy atom. The average Bonchev–Trinajstić information content (AvgIpc) is 2.45. The quantitative estimate of drug-likeness (QED) is 0.821. The second kappa shape index (κ2) is 6.67. The number of piperazine rings is 1. The standard InChI is InChI=1S/C14H22N4O2/c1-16(2)6-7-17-8-10-18(11-9-17)14(20)12-4-3-5-13(19)15-12/h3-5H,6-11H2,1-2H3,(H,15,19). The summed E-state index contributed by atoms with van der Waals surface area (Å²) in [5, 5.41) is 0. The number of nitrogens with one attached hydrogen (secondary N) is 1. The Balaban J connectivity index is 1.87. The van der Waals surface area contributed by atoms with E-state index in [1.165, 1.54) is 6.07 Å². The van der Waals surface area contributed by atoms with Gasteiger partial charge in [-0.2, -0.15) is 0 Å². The van der Waals surface area contributed by atoms with Crippen LogP contribution < -0.4 is 5.56 Å². The summed E-state index contributed by atoms with van der Waals surface area (Å²) >= 11 is 0. The van der Waals surface area contributed by atoms with Crippen molar-refractivity contribution in [1.82, 2.24) is 19.7 Å². The predicted molar refractivity (Wildman–Crippen MR) is 78.0 cm³/mol. The molecule has 1 aromatic rings. The molecule has 0 radical (unpaired) electrons. The second-order valence-electron chi connectivity index (χ2n) is 5.37. The molecule has 1 saturated heterocycles. The molecule has 6 heteroatoms. The van der Waals surface area contributed by atoms with Crippen molar-refractivity contribution in [1.29, 1.82) is 0 Å². The number of carbonyl (C=O) groups excluding carboxylic acids is 1. The summed E-state index contributed by atoms with van der Waals surface area (Å²) in [6.45, 7) is 5.25. The van der Waals surface area contributed by atoms with Gasteiger partial charge in [0.05, 0.1) is 0 Å². The highest BCUT2D eigenvalue weighted by Crippen LogP contribution is 2.06. The molecule has 0 saturated carbocycles. The van der Waals surface area contributed by atoms with Crippen molar-refractivity contribution in [2.45, 2.75) is 0 Å². The third-order valence-corrected chi connectivity index (χ3v) is 3.52. The van der Waals surface area contributed by atoms with E-state index in [4.69, 9.17) is 0 Å². The van der Waals surface area contributed by atoms with E-state index in [1.807, 2.05) is 0 Å². The lowest BCUT2D eigenvalue weighted by Gasteiger charge is -2.35. The van der Waals surface area contributed by atoms with Crippen LogP contribution in [0, 0.1) is 0 Å². The van der Waals surface area contributed by atoms with Gasteiger partial charge in [0.2, 0.25) is 5.56 Å². The highest BCUT2D eigenvalue weighted by Gasteiger charge is 2.22. The molecule has 0 bridgehead atoms. The van der Waals surface area contributed by atoms with Crippen molar-refractivity contribution in [3.05, 3.63) is 34.2 Å². The number of pyridine rings is 1. The number of hydrogen-bond acceptors (Lipinski definition) is 4. The van der Waals surface area contributed by atoms with Gasteiger partial charge in [-0.25, -0.2) is 0 Å². The van der Waals surface area contributed by atoms with E-state index >= 15 is 0 Å². The third kappa shape index (κ3) is 3.91. The maximum Gasteiger partial charge on any atom is 0.270 e. The molecule has 1 N–H and O–H groups in total. The van der Waals surface area contributed by atoms with Gasteiger partial charge in [-0.3, -0.25) is 14.5 Å². The number of likely N-dealkylation sites (N-methyl/N-ethyl adjacent to an activating group) is 1. The van der Waals surface area contributed by atoms with E-state index in [9.17, 15) is 9.59 Å². The number of rotatable bonds is 4. The molecule has 1 aromatic heterocycles. The minimum Gasteiger partial charge on any atom is -0.335 e. The van der Waals surface area contributed by atoms with Gasteiger partial charge in [0.25, 0.3) is 5.91 Å². The first kappa shape index (κ1) is 14.7. The lowest BCUT2D eigenvalue weighted by atomic mass is 10.2. The number of aromatic nitrogens is 1. The van der Waals surface area contributed by atoms with Gasteiger partial charge in [-0.1, -0.05) is 6.07 Å². The number of amides is 1. The molecule has 0 spiro atoms.